The van der Waals surface area contributed by atoms with Gasteiger partial charge in [0.2, 0.25) is 0 Å². The number of nitrogens with zero attached hydrogens (tertiary/aromatic N) is 2. The van der Waals surface area contributed by atoms with Gasteiger partial charge < -0.3 is 0 Å². The third kappa shape index (κ3) is 1.14. The van der Waals surface area contributed by atoms with E-state index in [2.05, 4.69) is 28.5 Å². The van der Waals surface area contributed by atoms with Crippen molar-refractivity contribution in [3.05, 3.63) is 36.5 Å². The van der Waals surface area contributed by atoms with E-state index in [1.807, 2.05) is 18.2 Å². The predicted molar refractivity (Wildman–Crippen MR) is 54.7 cm³/mol. The first-order chi connectivity index (χ1) is 6.33. The fourth-order valence-corrected chi connectivity index (χ4v) is 1.29. The molecule has 0 saturated heterocycles. The van der Waals surface area contributed by atoms with Crippen LogP contribution in [0.2, 0.25) is 0 Å². The molecule has 0 fully saturated rings. The number of fused-ring (bicyclic) bond motifs is 1. The van der Waals surface area contributed by atoms with Crippen LogP contribution in [0.1, 0.15) is 5.56 Å². The van der Waals surface area contributed by atoms with Crippen molar-refractivity contribution < 1.29 is 0 Å². The Bertz CT molecular complexity index is 468. The van der Waals surface area contributed by atoms with E-state index in [1.165, 1.54) is 0 Å². The molecule has 0 saturated carbocycles. The highest BCUT2D eigenvalue weighted by Crippen LogP contribution is 2.21. The summed E-state index contributed by atoms with van der Waals surface area (Å²) in [6.07, 6.45) is 1.77. The van der Waals surface area contributed by atoms with Crippen molar-refractivity contribution in [1.29, 1.82) is 0 Å². The molecular formula is C10H9N3. The van der Waals surface area contributed by atoms with Crippen molar-refractivity contribution >= 4 is 23.3 Å². The summed E-state index contributed by atoms with van der Waals surface area (Å²) >= 11 is 0. The maximum absolute atomic E-state index is 3.95. The minimum Gasteiger partial charge on any atom is -0.277 e. The lowest BCUT2D eigenvalue weighted by Gasteiger charge is -1.99. The second-order valence-electron chi connectivity index (χ2n) is 2.74. The van der Waals surface area contributed by atoms with Gasteiger partial charge in [-0.2, -0.15) is 5.10 Å². The van der Waals surface area contributed by atoms with Gasteiger partial charge in [0.15, 0.2) is 0 Å². The molecule has 1 aromatic heterocycles. The lowest BCUT2D eigenvalue weighted by atomic mass is 10.1. The molecule has 0 unspecified atom stereocenters. The van der Waals surface area contributed by atoms with Gasteiger partial charge in [0, 0.05) is 10.9 Å². The van der Waals surface area contributed by atoms with Crippen molar-refractivity contribution in [2.24, 2.45) is 4.99 Å². The molecule has 0 radical (unpaired) electrons. The Morgan fingerprint density at radius 3 is 3.08 bits per heavy atom. The smallest absolute Gasteiger partial charge is 0.0744 e. The molecule has 13 heavy (non-hydrogen) atoms. The average molecular weight is 171 g/mol. The standard InChI is InChI=1S/C10H9N3/c1-7(11-2)9-5-3-4-8-6-12-13-10(8)9/h3-6H,1-2H2,(H,12,13). The summed E-state index contributed by atoms with van der Waals surface area (Å²) in [7, 11) is 0. The van der Waals surface area contributed by atoms with Crippen molar-refractivity contribution in [2.45, 2.75) is 0 Å². The van der Waals surface area contributed by atoms with Gasteiger partial charge in [-0.15, -0.1) is 0 Å². The van der Waals surface area contributed by atoms with Crippen LogP contribution in [0.15, 0.2) is 36.0 Å². The van der Waals surface area contributed by atoms with Gasteiger partial charge in [0.05, 0.1) is 17.4 Å². The highest BCUT2D eigenvalue weighted by molar-refractivity contribution is 5.90. The summed E-state index contributed by atoms with van der Waals surface area (Å²) in [5.74, 6) is 0. The molecule has 0 atom stereocenters. The third-order valence-corrected chi connectivity index (χ3v) is 1.98. The van der Waals surface area contributed by atoms with Gasteiger partial charge in [0.25, 0.3) is 0 Å². The zero-order valence-corrected chi connectivity index (χ0v) is 7.12. The lowest BCUT2D eigenvalue weighted by molar-refractivity contribution is 1.12. The van der Waals surface area contributed by atoms with E-state index in [1.54, 1.807) is 6.20 Å². The number of aromatic nitrogens is 2. The molecule has 0 spiro atoms. The molecule has 3 nitrogen and oxygen atoms in total. The quantitative estimate of drug-likeness (QED) is 0.691. The molecule has 0 aliphatic heterocycles. The van der Waals surface area contributed by atoms with E-state index >= 15 is 0 Å². The molecule has 2 rings (SSSR count). The largest absolute Gasteiger partial charge is 0.277 e. The van der Waals surface area contributed by atoms with Crippen molar-refractivity contribution in [1.82, 2.24) is 10.2 Å². The van der Waals surface area contributed by atoms with Crippen LogP contribution in [-0.2, 0) is 0 Å². The first-order valence-electron chi connectivity index (χ1n) is 3.91. The maximum Gasteiger partial charge on any atom is 0.0744 e. The van der Waals surface area contributed by atoms with Crippen LogP contribution in [0.5, 0.6) is 0 Å². The third-order valence-electron chi connectivity index (χ3n) is 1.98. The van der Waals surface area contributed by atoms with Crippen LogP contribution in [-0.4, -0.2) is 16.9 Å². The molecular weight excluding hydrogens is 162 g/mol. The summed E-state index contributed by atoms with van der Waals surface area (Å²) < 4.78 is 0. The zero-order valence-electron chi connectivity index (χ0n) is 7.12. The van der Waals surface area contributed by atoms with Gasteiger partial charge in [-0.05, 0) is 6.72 Å². The van der Waals surface area contributed by atoms with Crippen LogP contribution in [0.25, 0.3) is 16.6 Å². The number of nitrogens with one attached hydrogen (secondary N) is 1. The number of rotatable bonds is 2. The van der Waals surface area contributed by atoms with E-state index < -0.39 is 0 Å². The van der Waals surface area contributed by atoms with Crippen LogP contribution < -0.4 is 0 Å². The SMILES string of the molecule is C=NC(=C)c1cccc2cn[nH]c12. The van der Waals surface area contributed by atoms with E-state index in [0.29, 0.717) is 5.70 Å². The van der Waals surface area contributed by atoms with Crippen LogP contribution in [0, 0.1) is 0 Å². The molecule has 0 bridgehead atoms. The summed E-state index contributed by atoms with van der Waals surface area (Å²) in [5, 5.41) is 7.91. The monoisotopic (exact) mass is 171 g/mol. The first-order valence-corrected chi connectivity index (χ1v) is 3.91. The second kappa shape index (κ2) is 2.86. The molecule has 0 aliphatic rings. The van der Waals surface area contributed by atoms with Crippen LogP contribution >= 0.6 is 0 Å². The van der Waals surface area contributed by atoms with E-state index in [4.69, 9.17) is 0 Å². The molecule has 1 N–H and O–H groups in total. The molecule has 0 amide bonds. The maximum atomic E-state index is 3.95. The molecule has 0 aliphatic carbocycles. The fourth-order valence-electron chi connectivity index (χ4n) is 1.29. The minimum absolute atomic E-state index is 0.662. The Kier molecular flexibility index (Phi) is 1.70. The Morgan fingerprint density at radius 2 is 2.31 bits per heavy atom. The second-order valence-corrected chi connectivity index (χ2v) is 2.74. The lowest BCUT2D eigenvalue weighted by Crippen LogP contribution is -1.81. The predicted octanol–water partition coefficient (Wildman–Crippen LogP) is 2.23. The Labute approximate surface area is 75.8 Å². The number of para-hydroxylation sites is 1. The molecule has 3 heteroatoms. The number of hydrogen-bond donors (Lipinski definition) is 1. The number of benzene rings is 1. The van der Waals surface area contributed by atoms with Gasteiger partial charge in [0.1, 0.15) is 0 Å². The number of hydrogen-bond acceptors (Lipinski definition) is 2. The van der Waals surface area contributed by atoms with Crippen molar-refractivity contribution in [2.75, 3.05) is 0 Å². The van der Waals surface area contributed by atoms with Gasteiger partial charge in [-0.25, -0.2) is 0 Å². The molecule has 1 aromatic carbocycles. The van der Waals surface area contributed by atoms with Gasteiger partial charge >= 0.3 is 0 Å². The first kappa shape index (κ1) is 7.73. The summed E-state index contributed by atoms with van der Waals surface area (Å²) in [4.78, 5) is 3.80. The number of aromatic amines is 1. The number of aliphatic imine (C=N–C) groups is 1. The highest BCUT2D eigenvalue weighted by Gasteiger charge is 2.03. The summed E-state index contributed by atoms with van der Waals surface area (Å²) in [6, 6.07) is 5.87. The van der Waals surface area contributed by atoms with E-state index in [-0.39, 0.29) is 0 Å². The average Bonchev–Trinajstić information content (AvgIpc) is 2.63. The normalized spacial score (nSPS) is 10.2. The van der Waals surface area contributed by atoms with Crippen LogP contribution in [0.4, 0.5) is 0 Å². The van der Waals surface area contributed by atoms with Crippen molar-refractivity contribution in [3.8, 4) is 0 Å². The van der Waals surface area contributed by atoms with E-state index in [9.17, 15) is 0 Å². The summed E-state index contributed by atoms with van der Waals surface area (Å²) in [5.41, 5.74) is 2.57. The fraction of sp³-hybridized carbons (Fsp3) is 0. The Morgan fingerprint density at radius 1 is 1.46 bits per heavy atom. The number of H-pyrrole nitrogens is 1. The molecule has 1 heterocycles. The van der Waals surface area contributed by atoms with Gasteiger partial charge in [-0.1, -0.05) is 24.8 Å². The van der Waals surface area contributed by atoms with E-state index in [0.717, 1.165) is 16.5 Å². The van der Waals surface area contributed by atoms with Gasteiger partial charge in [-0.3, -0.25) is 10.1 Å². The Hall–Kier alpha value is -1.90. The van der Waals surface area contributed by atoms with Crippen LogP contribution in [0.3, 0.4) is 0 Å². The van der Waals surface area contributed by atoms with Crippen molar-refractivity contribution in [3.63, 3.8) is 0 Å². The molecule has 64 valence electrons. The minimum atomic E-state index is 0.662. The Balaban J connectivity index is 2.74. The summed E-state index contributed by atoms with van der Waals surface area (Å²) in [6.45, 7) is 7.24. The molecule has 2 aromatic rings. The highest BCUT2D eigenvalue weighted by atomic mass is 15.1. The topological polar surface area (TPSA) is 41.0 Å². The zero-order chi connectivity index (χ0) is 9.26.